The standard InChI is InChI=1S/C28H31NO2.BrH/c30-24-11-15-27-22(19-24)10-14-26(20-5-2-1-3-6-20)28(27)21-8-12-25(13-9-21)31-18-16-23-7-4-17-29-23;/h1-3,5-6,8-9,11-13,15,19,23,26,28-30H,4,7,10,14,16-18H2;1H. The number of hydrogen-bond donors (Lipinski definition) is 2. The number of hydrogen-bond acceptors (Lipinski definition) is 3. The van der Waals surface area contributed by atoms with Gasteiger partial charge in [0.15, 0.2) is 0 Å². The van der Waals surface area contributed by atoms with E-state index in [2.05, 4.69) is 66.0 Å². The monoisotopic (exact) mass is 493 g/mol. The van der Waals surface area contributed by atoms with Gasteiger partial charge in [-0.2, -0.15) is 0 Å². The van der Waals surface area contributed by atoms with Crippen molar-refractivity contribution < 1.29 is 9.84 Å². The summed E-state index contributed by atoms with van der Waals surface area (Å²) in [5.74, 6) is 2.01. The van der Waals surface area contributed by atoms with Gasteiger partial charge in [0.25, 0.3) is 0 Å². The Morgan fingerprint density at radius 2 is 1.72 bits per heavy atom. The molecule has 5 rings (SSSR count). The smallest absolute Gasteiger partial charge is 0.119 e. The first-order chi connectivity index (χ1) is 15.3. The lowest BCUT2D eigenvalue weighted by Gasteiger charge is -2.34. The molecule has 3 aromatic carbocycles. The zero-order chi connectivity index (χ0) is 21.0. The molecular formula is C28H32BrNO2. The molecule has 3 nitrogen and oxygen atoms in total. The highest BCUT2D eigenvalue weighted by molar-refractivity contribution is 8.93. The van der Waals surface area contributed by atoms with E-state index < -0.39 is 0 Å². The summed E-state index contributed by atoms with van der Waals surface area (Å²) in [5.41, 5.74) is 5.29. The summed E-state index contributed by atoms with van der Waals surface area (Å²) in [6.45, 7) is 1.90. The average Bonchev–Trinajstić information content (AvgIpc) is 3.33. The number of ether oxygens (including phenoxy) is 1. The number of fused-ring (bicyclic) bond motifs is 1. The van der Waals surface area contributed by atoms with E-state index in [9.17, 15) is 5.11 Å². The number of nitrogens with one attached hydrogen (secondary N) is 1. The van der Waals surface area contributed by atoms with Crippen LogP contribution in [-0.2, 0) is 6.42 Å². The van der Waals surface area contributed by atoms with Gasteiger partial charge in [-0.05, 0) is 91.1 Å². The van der Waals surface area contributed by atoms with Crippen LogP contribution in [-0.4, -0.2) is 24.3 Å². The molecule has 32 heavy (non-hydrogen) atoms. The van der Waals surface area contributed by atoms with Gasteiger partial charge < -0.3 is 15.2 Å². The zero-order valence-electron chi connectivity index (χ0n) is 18.4. The topological polar surface area (TPSA) is 41.5 Å². The fourth-order valence-electron chi connectivity index (χ4n) is 5.37. The van der Waals surface area contributed by atoms with Crippen molar-refractivity contribution in [1.29, 1.82) is 0 Å². The van der Waals surface area contributed by atoms with E-state index >= 15 is 0 Å². The van der Waals surface area contributed by atoms with Crippen LogP contribution in [0.2, 0.25) is 0 Å². The Bertz CT molecular complexity index is 1000. The molecule has 0 bridgehead atoms. The molecule has 0 amide bonds. The van der Waals surface area contributed by atoms with Crippen LogP contribution in [0.15, 0.2) is 72.8 Å². The van der Waals surface area contributed by atoms with Crippen LogP contribution in [0.25, 0.3) is 0 Å². The Balaban J connectivity index is 0.00000245. The van der Waals surface area contributed by atoms with Crippen molar-refractivity contribution in [3.63, 3.8) is 0 Å². The van der Waals surface area contributed by atoms with Crippen LogP contribution in [0.4, 0.5) is 0 Å². The van der Waals surface area contributed by atoms with Crippen molar-refractivity contribution in [2.45, 2.75) is 50.0 Å². The van der Waals surface area contributed by atoms with Crippen LogP contribution in [0.3, 0.4) is 0 Å². The maximum absolute atomic E-state index is 10.0. The number of benzene rings is 3. The fourth-order valence-corrected chi connectivity index (χ4v) is 5.37. The summed E-state index contributed by atoms with van der Waals surface area (Å²) >= 11 is 0. The van der Waals surface area contributed by atoms with E-state index in [1.54, 1.807) is 0 Å². The highest BCUT2D eigenvalue weighted by atomic mass is 79.9. The van der Waals surface area contributed by atoms with Crippen LogP contribution in [0, 0.1) is 0 Å². The van der Waals surface area contributed by atoms with Crippen molar-refractivity contribution in [2.75, 3.05) is 13.2 Å². The van der Waals surface area contributed by atoms with Crippen LogP contribution >= 0.6 is 17.0 Å². The Kier molecular flexibility index (Phi) is 7.54. The van der Waals surface area contributed by atoms with E-state index in [-0.39, 0.29) is 22.9 Å². The molecule has 3 unspecified atom stereocenters. The second kappa shape index (κ2) is 10.5. The lowest BCUT2D eigenvalue weighted by molar-refractivity contribution is 0.292. The molecule has 0 aromatic heterocycles. The summed E-state index contributed by atoms with van der Waals surface area (Å²) in [6.07, 6.45) is 5.69. The number of aromatic hydroxyl groups is 1. The molecule has 1 heterocycles. The molecule has 0 radical (unpaired) electrons. The van der Waals surface area contributed by atoms with Gasteiger partial charge in [0.05, 0.1) is 6.61 Å². The molecule has 1 saturated heterocycles. The molecule has 1 aliphatic carbocycles. The molecular weight excluding hydrogens is 462 g/mol. The third-order valence-corrected chi connectivity index (χ3v) is 6.95. The fraction of sp³-hybridized carbons (Fsp3) is 0.357. The maximum Gasteiger partial charge on any atom is 0.119 e. The third kappa shape index (κ3) is 5.02. The lowest BCUT2D eigenvalue weighted by Crippen LogP contribution is -2.23. The zero-order valence-corrected chi connectivity index (χ0v) is 20.1. The minimum atomic E-state index is 0. The molecule has 3 atom stereocenters. The average molecular weight is 494 g/mol. The van der Waals surface area contributed by atoms with Gasteiger partial charge in [-0.1, -0.05) is 48.5 Å². The molecule has 0 spiro atoms. The van der Waals surface area contributed by atoms with Crippen LogP contribution in [0.5, 0.6) is 11.5 Å². The van der Waals surface area contributed by atoms with E-state index in [0.717, 1.165) is 38.2 Å². The van der Waals surface area contributed by atoms with Crippen molar-refractivity contribution in [3.8, 4) is 11.5 Å². The van der Waals surface area contributed by atoms with Crippen molar-refractivity contribution >= 4 is 17.0 Å². The SMILES string of the molecule is Br.Oc1ccc2c(c1)CCC(c1ccccc1)C2c1ccc(OCCC2CCCN2)cc1. The first-order valence-corrected chi connectivity index (χ1v) is 11.6. The Morgan fingerprint density at radius 3 is 2.47 bits per heavy atom. The minimum absolute atomic E-state index is 0. The molecule has 168 valence electrons. The molecule has 4 heteroatoms. The second-order valence-electron chi connectivity index (χ2n) is 8.92. The maximum atomic E-state index is 10.0. The van der Waals surface area contributed by atoms with Gasteiger partial charge in [0, 0.05) is 12.0 Å². The van der Waals surface area contributed by atoms with E-state index in [1.165, 1.54) is 35.1 Å². The van der Waals surface area contributed by atoms with Gasteiger partial charge in [0.1, 0.15) is 11.5 Å². The Hall–Kier alpha value is -2.30. The number of halogens is 1. The van der Waals surface area contributed by atoms with Gasteiger partial charge in [-0.15, -0.1) is 17.0 Å². The van der Waals surface area contributed by atoms with Crippen molar-refractivity contribution in [1.82, 2.24) is 5.32 Å². The van der Waals surface area contributed by atoms with E-state index in [1.807, 2.05) is 12.1 Å². The largest absolute Gasteiger partial charge is 0.508 e. The summed E-state index contributed by atoms with van der Waals surface area (Å²) in [5, 5.41) is 13.5. The summed E-state index contributed by atoms with van der Waals surface area (Å²) < 4.78 is 6.03. The number of aryl methyl sites for hydroxylation is 1. The van der Waals surface area contributed by atoms with Gasteiger partial charge in [-0.3, -0.25) is 0 Å². The highest BCUT2D eigenvalue weighted by Crippen LogP contribution is 2.47. The van der Waals surface area contributed by atoms with Gasteiger partial charge >= 0.3 is 0 Å². The quantitative estimate of drug-likeness (QED) is 0.420. The number of phenolic OH excluding ortho intramolecular Hbond substituents is 1. The van der Waals surface area contributed by atoms with Crippen molar-refractivity contribution in [3.05, 3.63) is 95.1 Å². The first-order valence-electron chi connectivity index (χ1n) is 11.6. The normalized spacial score (nSPS) is 22.1. The predicted octanol–water partition coefficient (Wildman–Crippen LogP) is 6.35. The molecule has 0 saturated carbocycles. The highest BCUT2D eigenvalue weighted by Gasteiger charge is 2.32. The molecule has 3 aromatic rings. The van der Waals surface area contributed by atoms with Gasteiger partial charge in [-0.25, -0.2) is 0 Å². The summed E-state index contributed by atoms with van der Waals surface area (Å²) in [7, 11) is 0. The van der Waals surface area contributed by atoms with Crippen molar-refractivity contribution in [2.24, 2.45) is 0 Å². The molecule has 1 fully saturated rings. The Labute approximate surface area is 201 Å². The third-order valence-electron chi connectivity index (χ3n) is 6.95. The van der Waals surface area contributed by atoms with E-state index in [4.69, 9.17) is 4.74 Å². The molecule has 2 N–H and O–H groups in total. The lowest BCUT2D eigenvalue weighted by atomic mass is 9.69. The van der Waals surface area contributed by atoms with Crippen LogP contribution < -0.4 is 10.1 Å². The summed E-state index contributed by atoms with van der Waals surface area (Å²) in [4.78, 5) is 0. The van der Waals surface area contributed by atoms with Crippen LogP contribution in [0.1, 0.15) is 59.8 Å². The molecule has 2 aliphatic rings. The predicted molar refractivity (Wildman–Crippen MR) is 135 cm³/mol. The molecule has 1 aliphatic heterocycles. The van der Waals surface area contributed by atoms with Gasteiger partial charge in [0.2, 0.25) is 0 Å². The second-order valence-corrected chi connectivity index (χ2v) is 8.92. The number of phenols is 1. The van der Waals surface area contributed by atoms with E-state index in [0.29, 0.717) is 17.7 Å². The number of rotatable bonds is 6. The first kappa shape index (κ1) is 22.9. The summed E-state index contributed by atoms with van der Waals surface area (Å²) in [6, 6.07) is 26.0. The minimum Gasteiger partial charge on any atom is -0.508 e. The Morgan fingerprint density at radius 1 is 0.906 bits per heavy atom.